The first-order chi connectivity index (χ1) is 9.49. The van der Waals surface area contributed by atoms with Gasteiger partial charge in [0.05, 0.1) is 4.92 Å². The van der Waals surface area contributed by atoms with Crippen LogP contribution in [0.15, 0.2) is 23.1 Å². The molecule has 8 nitrogen and oxygen atoms in total. The number of nitrogen functional groups attached to an aromatic ring is 1. The third-order valence-electron chi connectivity index (χ3n) is 3.41. The molecule has 0 heterocycles. The predicted molar refractivity (Wildman–Crippen MR) is 80.5 cm³/mol. The molecule has 118 valence electrons. The van der Waals surface area contributed by atoms with Gasteiger partial charge in [-0.05, 0) is 40.1 Å². The van der Waals surface area contributed by atoms with Crippen molar-refractivity contribution in [2.24, 2.45) is 0 Å². The number of anilines is 1. The first kappa shape index (κ1) is 17.3. The van der Waals surface area contributed by atoms with Gasteiger partial charge in [-0.3, -0.25) is 10.1 Å². The number of sulfonamides is 1. The third-order valence-corrected chi connectivity index (χ3v) is 4.84. The van der Waals surface area contributed by atoms with Gasteiger partial charge in [-0.15, -0.1) is 0 Å². The van der Waals surface area contributed by atoms with E-state index in [4.69, 9.17) is 5.73 Å². The number of benzene rings is 1. The monoisotopic (exact) mass is 316 g/mol. The molecule has 0 spiro atoms. The van der Waals surface area contributed by atoms with Crippen LogP contribution in [0.4, 0.5) is 11.4 Å². The number of rotatable bonds is 6. The number of para-hydroxylation sites is 1. The van der Waals surface area contributed by atoms with Crippen molar-refractivity contribution in [3.05, 3.63) is 28.3 Å². The lowest BCUT2D eigenvalue weighted by Crippen LogP contribution is -2.48. The van der Waals surface area contributed by atoms with Gasteiger partial charge in [0.15, 0.2) is 4.90 Å². The van der Waals surface area contributed by atoms with Gasteiger partial charge in [0.1, 0.15) is 5.69 Å². The van der Waals surface area contributed by atoms with E-state index in [1.165, 1.54) is 18.2 Å². The van der Waals surface area contributed by atoms with Gasteiger partial charge in [0.25, 0.3) is 0 Å². The zero-order chi connectivity index (χ0) is 16.4. The fourth-order valence-electron chi connectivity index (χ4n) is 1.46. The number of nitro benzene ring substituents is 1. The Labute approximate surface area is 124 Å². The van der Waals surface area contributed by atoms with Crippen LogP contribution in [0.5, 0.6) is 0 Å². The summed E-state index contributed by atoms with van der Waals surface area (Å²) >= 11 is 0. The first-order valence-corrected chi connectivity index (χ1v) is 7.67. The maximum absolute atomic E-state index is 12.3. The Morgan fingerprint density at radius 1 is 1.38 bits per heavy atom. The minimum Gasteiger partial charge on any atom is -0.393 e. The SMILES string of the molecule is CN(C)C(C)(C)CNS(=O)(=O)c1cccc(N)c1[N+](=O)[O-]. The molecule has 0 saturated heterocycles. The third kappa shape index (κ3) is 3.90. The zero-order valence-electron chi connectivity index (χ0n) is 12.5. The van der Waals surface area contributed by atoms with Gasteiger partial charge >= 0.3 is 5.69 Å². The molecule has 0 atom stereocenters. The molecular formula is C12H20N4O4S. The number of hydrogen-bond donors (Lipinski definition) is 2. The van der Waals surface area contributed by atoms with Crippen LogP contribution in [0, 0.1) is 10.1 Å². The number of nitro groups is 1. The van der Waals surface area contributed by atoms with Crippen LogP contribution in [0.25, 0.3) is 0 Å². The van der Waals surface area contributed by atoms with Crippen LogP contribution < -0.4 is 10.5 Å². The van der Waals surface area contributed by atoms with Crippen molar-refractivity contribution in [3.8, 4) is 0 Å². The lowest BCUT2D eigenvalue weighted by molar-refractivity contribution is -0.386. The van der Waals surface area contributed by atoms with Crippen LogP contribution in [-0.4, -0.2) is 44.4 Å². The highest BCUT2D eigenvalue weighted by Gasteiger charge is 2.30. The molecule has 1 rings (SSSR count). The molecule has 0 fully saturated rings. The second-order valence-corrected chi connectivity index (χ2v) is 7.22. The Kier molecular flexibility index (Phi) is 4.92. The zero-order valence-corrected chi connectivity index (χ0v) is 13.3. The summed E-state index contributed by atoms with van der Waals surface area (Å²) in [7, 11) is -0.390. The number of likely N-dealkylation sites (N-methyl/N-ethyl adjacent to an activating group) is 1. The molecule has 0 radical (unpaired) electrons. The maximum Gasteiger partial charge on any atom is 0.312 e. The van der Waals surface area contributed by atoms with Gasteiger partial charge < -0.3 is 10.6 Å². The van der Waals surface area contributed by atoms with E-state index in [9.17, 15) is 18.5 Å². The van der Waals surface area contributed by atoms with Crippen LogP contribution in [0.1, 0.15) is 13.8 Å². The van der Waals surface area contributed by atoms with E-state index in [0.29, 0.717) is 0 Å². The molecule has 0 amide bonds. The molecule has 0 bridgehead atoms. The molecule has 0 aliphatic carbocycles. The topological polar surface area (TPSA) is 119 Å². The molecule has 1 aromatic rings. The number of nitrogens with zero attached hydrogens (tertiary/aromatic N) is 2. The molecule has 3 N–H and O–H groups in total. The minimum absolute atomic E-state index is 0.105. The smallest absolute Gasteiger partial charge is 0.312 e. The molecule has 0 aromatic heterocycles. The normalized spacial score (nSPS) is 12.6. The largest absolute Gasteiger partial charge is 0.393 e. The molecule has 0 aliphatic heterocycles. The highest BCUT2D eigenvalue weighted by Crippen LogP contribution is 2.29. The highest BCUT2D eigenvalue weighted by atomic mass is 32.2. The highest BCUT2D eigenvalue weighted by molar-refractivity contribution is 7.89. The second-order valence-electron chi connectivity index (χ2n) is 5.48. The summed E-state index contributed by atoms with van der Waals surface area (Å²) < 4.78 is 27.0. The Morgan fingerprint density at radius 2 is 1.95 bits per heavy atom. The lowest BCUT2D eigenvalue weighted by atomic mass is 10.1. The summed E-state index contributed by atoms with van der Waals surface area (Å²) in [6, 6.07) is 3.83. The summed E-state index contributed by atoms with van der Waals surface area (Å²) in [5.74, 6) is 0. The fraction of sp³-hybridized carbons (Fsp3) is 0.500. The quantitative estimate of drug-likeness (QED) is 0.455. The van der Waals surface area contributed by atoms with Crippen LogP contribution in [0.3, 0.4) is 0 Å². The Balaban J connectivity index is 3.16. The maximum atomic E-state index is 12.3. The Hall–Kier alpha value is -1.71. The fourth-order valence-corrected chi connectivity index (χ4v) is 2.86. The van der Waals surface area contributed by atoms with Gasteiger partial charge in [0.2, 0.25) is 10.0 Å². The van der Waals surface area contributed by atoms with Crippen LogP contribution in [0.2, 0.25) is 0 Å². The van der Waals surface area contributed by atoms with Crippen molar-refractivity contribution in [3.63, 3.8) is 0 Å². The summed E-state index contributed by atoms with van der Waals surface area (Å²) in [6.07, 6.45) is 0. The van der Waals surface area contributed by atoms with E-state index in [1.807, 2.05) is 32.8 Å². The molecule has 9 heteroatoms. The number of hydrogen-bond acceptors (Lipinski definition) is 6. The first-order valence-electron chi connectivity index (χ1n) is 6.19. The van der Waals surface area contributed by atoms with Crippen LogP contribution in [-0.2, 0) is 10.0 Å². The van der Waals surface area contributed by atoms with Gasteiger partial charge in [-0.1, -0.05) is 6.07 Å². The van der Waals surface area contributed by atoms with Gasteiger partial charge in [-0.25, -0.2) is 13.1 Å². The summed E-state index contributed by atoms with van der Waals surface area (Å²) in [5, 5.41) is 11.0. The van der Waals surface area contributed by atoms with Crippen molar-refractivity contribution < 1.29 is 13.3 Å². The Bertz CT molecular complexity index is 641. The van der Waals surface area contributed by atoms with E-state index >= 15 is 0 Å². The van der Waals surface area contributed by atoms with Gasteiger partial charge in [0, 0.05) is 12.1 Å². The van der Waals surface area contributed by atoms with E-state index < -0.39 is 31.1 Å². The summed E-state index contributed by atoms with van der Waals surface area (Å²) in [6.45, 7) is 3.81. The minimum atomic E-state index is -4.02. The van der Waals surface area contributed by atoms with Crippen molar-refractivity contribution >= 4 is 21.4 Å². The van der Waals surface area contributed by atoms with Crippen molar-refractivity contribution in [2.75, 3.05) is 26.4 Å². The standard InChI is InChI=1S/C12H20N4O4S/c1-12(2,15(3)4)8-14-21(19,20)10-7-5-6-9(13)11(10)16(17)18/h5-7,14H,8,13H2,1-4H3. The molecule has 0 saturated carbocycles. The average Bonchev–Trinajstić information content (AvgIpc) is 2.35. The van der Waals surface area contributed by atoms with Crippen molar-refractivity contribution in [2.45, 2.75) is 24.3 Å². The predicted octanol–water partition coefficient (Wildman–Crippen LogP) is 0.796. The molecule has 0 unspecified atom stereocenters. The summed E-state index contributed by atoms with van der Waals surface area (Å²) in [5.41, 5.74) is 4.28. The molecule has 21 heavy (non-hydrogen) atoms. The van der Waals surface area contributed by atoms with Crippen LogP contribution >= 0.6 is 0 Å². The average molecular weight is 316 g/mol. The number of nitrogens with two attached hydrogens (primary N) is 1. The lowest BCUT2D eigenvalue weighted by Gasteiger charge is -2.32. The molecule has 0 aliphatic rings. The Morgan fingerprint density at radius 3 is 2.43 bits per heavy atom. The molecule has 1 aromatic carbocycles. The van der Waals surface area contributed by atoms with Gasteiger partial charge in [-0.2, -0.15) is 0 Å². The molecular weight excluding hydrogens is 296 g/mol. The van der Waals surface area contributed by atoms with E-state index in [0.717, 1.165) is 0 Å². The van der Waals surface area contributed by atoms with E-state index in [1.54, 1.807) is 0 Å². The van der Waals surface area contributed by atoms with Crippen molar-refractivity contribution in [1.29, 1.82) is 0 Å². The van der Waals surface area contributed by atoms with E-state index in [-0.39, 0.29) is 12.2 Å². The van der Waals surface area contributed by atoms with Crippen molar-refractivity contribution in [1.82, 2.24) is 9.62 Å². The summed E-state index contributed by atoms with van der Waals surface area (Å²) in [4.78, 5) is 11.7. The second kappa shape index (κ2) is 5.96. The number of nitrogens with one attached hydrogen (secondary N) is 1. The van der Waals surface area contributed by atoms with E-state index in [2.05, 4.69) is 4.72 Å².